The van der Waals surface area contributed by atoms with Crippen molar-refractivity contribution in [3.63, 3.8) is 0 Å². The SMILES string of the molecule is CCc1cc2c(=O)c(-c3[nH]c4ccccc4[n+]3C)coc2c(C[NH+]2CCOCC2)c1O. The van der Waals surface area contributed by atoms with Gasteiger partial charge in [0, 0.05) is 0 Å². The minimum absolute atomic E-state index is 0.101. The quantitative estimate of drug-likeness (QED) is 0.436. The molecule has 3 heterocycles. The molecule has 0 aliphatic carbocycles. The van der Waals surface area contributed by atoms with Gasteiger partial charge in [0.1, 0.15) is 42.8 Å². The first-order valence-corrected chi connectivity index (χ1v) is 10.8. The molecule has 1 fully saturated rings. The third kappa shape index (κ3) is 3.30. The molecule has 0 spiro atoms. The van der Waals surface area contributed by atoms with Crippen LogP contribution >= 0.6 is 0 Å². The third-order valence-corrected chi connectivity index (χ3v) is 6.33. The van der Waals surface area contributed by atoms with Crippen molar-refractivity contribution >= 4 is 22.0 Å². The summed E-state index contributed by atoms with van der Waals surface area (Å²) in [5.41, 5.74) is 4.28. The first-order valence-electron chi connectivity index (χ1n) is 10.8. The lowest BCUT2D eigenvalue weighted by Crippen LogP contribution is -3.12. The summed E-state index contributed by atoms with van der Waals surface area (Å²) in [5, 5.41) is 11.4. The van der Waals surface area contributed by atoms with Crippen molar-refractivity contribution < 1.29 is 23.7 Å². The number of imidazole rings is 1. The summed E-state index contributed by atoms with van der Waals surface area (Å²) in [4.78, 5) is 18.2. The van der Waals surface area contributed by atoms with Crippen molar-refractivity contribution in [2.75, 3.05) is 26.3 Å². The molecule has 1 saturated heterocycles. The van der Waals surface area contributed by atoms with E-state index < -0.39 is 0 Å². The molecule has 0 atom stereocenters. The van der Waals surface area contributed by atoms with E-state index in [0.717, 1.165) is 29.7 Å². The normalized spacial score (nSPS) is 15.2. The average Bonchev–Trinajstić information content (AvgIpc) is 3.13. The highest BCUT2D eigenvalue weighted by Crippen LogP contribution is 2.31. The van der Waals surface area contributed by atoms with Gasteiger partial charge >= 0.3 is 0 Å². The largest absolute Gasteiger partial charge is 0.507 e. The molecule has 2 aromatic heterocycles. The summed E-state index contributed by atoms with van der Waals surface area (Å²) in [6, 6.07) is 9.70. The Balaban J connectivity index is 1.69. The molecule has 160 valence electrons. The summed E-state index contributed by atoms with van der Waals surface area (Å²) < 4.78 is 13.5. The highest BCUT2D eigenvalue weighted by Gasteiger charge is 2.26. The van der Waals surface area contributed by atoms with Gasteiger partial charge in [0.2, 0.25) is 5.43 Å². The first-order chi connectivity index (χ1) is 15.1. The van der Waals surface area contributed by atoms with E-state index in [9.17, 15) is 9.90 Å². The third-order valence-electron chi connectivity index (χ3n) is 6.33. The zero-order valence-electron chi connectivity index (χ0n) is 17.8. The topological polar surface area (TPSA) is 83.8 Å². The Morgan fingerprint density at radius 2 is 2.00 bits per heavy atom. The molecule has 5 rings (SSSR count). The minimum Gasteiger partial charge on any atom is -0.507 e. The first kappa shape index (κ1) is 19.8. The fourth-order valence-corrected chi connectivity index (χ4v) is 4.53. The van der Waals surface area contributed by atoms with Crippen LogP contribution in [0.4, 0.5) is 0 Å². The number of aromatic amines is 1. The van der Waals surface area contributed by atoms with Gasteiger partial charge in [-0.1, -0.05) is 19.1 Å². The monoisotopic (exact) mass is 421 g/mol. The number of ether oxygens (including phenoxy) is 1. The molecule has 3 N–H and O–H groups in total. The van der Waals surface area contributed by atoms with Crippen LogP contribution in [0, 0.1) is 0 Å². The van der Waals surface area contributed by atoms with Crippen molar-refractivity contribution in [2.45, 2.75) is 19.9 Å². The van der Waals surface area contributed by atoms with E-state index in [4.69, 9.17) is 9.15 Å². The lowest BCUT2D eigenvalue weighted by molar-refractivity contribution is -0.921. The number of phenolic OH excluding ortho intramolecular Hbond substituents is 1. The second kappa shape index (κ2) is 7.83. The van der Waals surface area contributed by atoms with Crippen LogP contribution in [0.2, 0.25) is 0 Å². The number of para-hydroxylation sites is 2. The number of hydrogen-bond acceptors (Lipinski definition) is 4. The number of fused-ring (bicyclic) bond motifs is 2. The van der Waals surface area contributed by atoms with Gasteiger partial charge in [-0.3, -0.25) is 4.79 Å². The zero-order valence-corrected chi connectivity index (χ0v) is 17.8. The molecular formula is C24H27N3O4+2. The van der Waals surface area contributed by atoms with Gasteiger partial charge in [-0.2, -0.15) is 0 Å². The Morgan fingerprint density at radius 3 is 2.74 bits per heavy atom. The van der Waals surface area contributed by atoms with Crippen LogP contribution in [0.5, 0.6) is 5.75 Å². The minimum atomic E-state index is -0.101. The number of aromatic nitrogens is 2. The number of hydrogen-bond donors (Lipinski definition) is 3. The van der Waals surface area contributed by atoms with Crippen molar-refractivity contribution in [3.05, 3.63) is 57.9 Å². The van der Waals surface area contributed by atoms with Gasteiger partial charge in [0.15, 0.2) is 11.0 Å². The van der Waals surface area contributed by atoms with Crippen molar-refractivity contribution in [3.8, 4) is 17.1 Å². The zero-order chi connectivity index (χ0) is 21.5. The molecule has 7 nitrogen and oxygen atoms in total. The molecule has 4 aromatic rings. The van der Waals surface area contributed by atoms with Crippen LogP contribution in [0.3, 0.4) is 0 Å². The van der Waals surface area contributed by atoms with Gasteiger partial charge in [0.25, 0.3) is 5.82 Å². The van der Waals surface area contributed by atoms with Gasteiger partial charge in [-0.25, -0.2) is 9.55 Å². The van der Waals surface area contributed by atoms with E-state index in [1.54, 1.807) is 6.07 Å². The van der Waals surface area contributed by atoms with Crippen molar-refractivity contribution in [1.82, 2.24) is 4.98 Å². The molecule has 1 aliphatic rings. The van der Waals surface area contributed by atoms with Gasteiger partial charge in [-0.05, 0) is 30.2 Å². The van der Waals surface area contributed by atoms with Crippen molar-refractivity contribution in [2.24, 2.45) is 7.05 Å². The van der Waals surface area contributed by atoms with Gasteiger partial charge in [-0.15, -0.1) is 0 Å². The number of aromatic hydroxyl groups is 1. The van der Waals surface area contributed by atoms with Crippen LogP contribution in [-0.4, -0.2) is 36.4 Å². The number of quaternary nitrogens is 1. The Hall–Kier alpha value is -3.16. The van der Waals surface area contributed by atoms with E-state index in [2.05, 4.69) is 4.98 Å². The van der Waals surface area contributed by atoms with Crippen LogP contribution in [0.15, 0.2) is 45.8 Å². The summed E-state index contributed by atoms with van der Waals surface area (Å²) in [7, 11) is 1.93. The summed E-state index contributed by atoms with van der Waals surface area (Å²) in [5.74, 6) is 0.935. The number of H-pyrrole nitrogens is 1. The predicted octanol–water partition coefficient (Wildman–Crippen LogP) is 1.45. The van der Waals surface area contributed by atoms with Crippen LogP contribution < -0.4 is 14.9 Å². The highest BCUT2D eigenvalue weighted by molar-refractivity contribution is 5.86. The number of nitrogens with one attached hydrogen (secondary N) is 2. The van der Waals surface area contributed by atoms with Crippen LogP contribution in [0.1, 0.15) is 18.1 Å². The van der Waals surface area contributed by atoms with E-state index in [1.807, 2.05) is 42.8 Å². The molecule has 0 unspecified atom stereocenters. The smallest absolute Gasteiger partial charge is 0.294 e. The van der Waals surface area contributed by atoms with E-state index in [1.165, 1.54) is 11.2 Å². The lowest BCUT2D eigenvalue weighted by Gasteiger charge is -2.24. The molecule has 2 aromatic carbocycles. The van der Waals surface area contributed by atoms with Crippen LogP contribution in [0.25, 0.3) is 33.4 Å². The molecule has 31 heavy (non-hydrogen) atoms. The second-order valence-electron chi connectivity index (χ2n) is 8.16. The molecule has 0 saturated carbocycles. The van der Waals surface area contributed by atoms with Gasteiger partial charge < -0.3 is 19.2 Å². The lowest BCUT2D eigenvalue weighted by atomic mass is 10.0. The molecule has 0 bridgehead atoms. The number of nitrogens with zero attached hydrogens (tertiary/aromatic N) is 1. The second-order valence-corrected chi connectivity index (χ2v) is 8.16. The Bertz CT molecular complexity index is 1330. The number of aryl methyl sites for hydroxylation is 2. The maximum atomic E-state index is 13.6. The maximum Gasteiger partial charge on any atom is 0.294 e. The van der Waals surface area contributed by atoms with Crippen molar-refractivity contribution in [1.29, 1.82) is 0 Å². The highest BCUT2D eigenvalue weighted by atomic mass is 16.5. The fraction of sp³-hybridized carbons (Fsp3) is 0.333. The molecule has 7 heteroatoms. The van der Waals surface area contributed by atoms with Crippen LogP contribution in [-0.2, 0) is 24.8 Å². The molecule has 0 radical (unpaired) electrons. The summed E-state index contributed by atoms with van der Waals surface area (Å²) in [6.45, 7) is 5.71. The number of rotatable bonds is 4. The Morgan fingerprint density at radius 1 is 1.23 bits per heavy atom. The fourth-order valence-electron chi connectivity index (χ4n) is 4.53. The number of morpholine rings is 1. The number of phenols is 1. The Labute approximate surface area is 179 Å². The van der Waals surface area contributed by atoms with E-state index >= 15 is 0 Å². The van der Waals surface area contributed by atoms with E-state index in [0.29, 0.717) is 54.1 Å². The van der Waals surface area contributed by atoms with Gasteiger partial charge in [0.05, 0.1) is 31.2 Å². The standard InChI is InChI=1S/C24H25N3O4/c1-3-15-12-16-22(29)18(24-25-19-6-4-5-7-20(19)26(24)2)14-31-23(16)17(21(15)28)13-27-8-10-30-11-9-27/h4-7,12,14H,3,8-11,13H2,1-2H3,(H,28,29)/p+2. The summed E-state index contributed by atoms with van der Waals surface area (Å²) >= 11 is 0. The average molecular weight is 421 g/mol. The number of benzene rings is 2. The summed E-state index contributed by atoms with van der Waals surface area (Å²) in [6.07, 6.45) is 2.15. The maximum absolute atomic E-state index is 13.6. The predicted molar refractivity (Wildman–Crippen MR) is 117 cm³/mol. The Kier molecular flexibility index (Phi) is 5.00. The molecule has 1 aliphatic heterocycles. The molecule has 0 amide bonds. The van der Waals surface area contributed by atoms with E-state index in [-0.39, 0.29) is 11.2 Å². The molecular weight excluding hydrogens is 394 g/mol.